The van der Waals surface area contributed by atoms with Gasteiger partial charge < -0.3 is 5.11 Å². The molecule has 0 unspecified atom stereocenters. The predicted octanol–water partition coefficient (Wildman–Crippen LogP) is 2.47. The van der Waals surface area contributed by atoms with Gasteiger partial charge >= 0.3 is 0 Å². The Balaban J connectivity index is 2.01. The van der Waals surface area contributed by atoms with Gasteiger partial charge in [0.25, 0.3) is 5.69 Å². The molecule has 2 rings (SSSR count). The zero-order chi connectivity index (χ0) is 15.2. The van der Waals surface area contributed by atoms with Crippen LogP contribution in [0.3, 0.4) is 0 Å². The maximum absolute atomic E-state index is 13.0. The van der Waals surface area contributed by atoms with Gasteiger partial charge in [-0.25, -0.2) is 4.39 Å². The highest BCUT2D eigenvalue weighted by Gasteiger charge is 2.05. The molecule has 0 aliphatic heterocycles. The number of aliphatic imine (C=N–C) groups is 1. The first-order valence-electron chi connectivity index (χ1n) is 6.26. The van der Waals surface area contributed by atoms with Gasteiger partial charge in [-0.05, 0) is 29.7 Å². The molecule has 0 heterocycles. The monoisotopic (exact) mass is 287 g/mol. The van der Waals surface area contributed by atoms with Gasteiger partial charge in [-0.3, -0.25) is 15.1 Å². The molecule has 108 valence electrons. The van der Waals surface area contributed by atoms with Crippen LogP contribution < -0.4 is 5.11 Å². The number of hydrogen-bond donors (Lipinski definition) is 0. The van der Waals surface area contributed by atoms with E-state index in [2.05, 4.69) is 4.99 Å². The third-order valence-corrected chi connectivity index (χ3v) is 2.85. The van der Waals surface area contributed by atoms with Crippen LogP contribution in [0.2, 0.25) is 0 Å². The first kappa shape index (κ1) is 14.6. The molecule has 0 radical (unpaired) electrons. The number of nitro benzene ring substituents is 1. The van der Waals surface area contributed by atoms with Crippen LogP contribution in [-0.2, 0) is 6.42 Å². The zero-order valence-electron chi connectivity index (χ0n) is 11.0. The quantitative estimate of drug-likeness (QED) is 0.481. The number of halogens is 1. The van der Waals surface area contributed by atoms with E-state index < -0.39 is 4.92 Å². The molecule has 0 aliphatic rings. The average Bonchev–Trinajstić information content (AvgIpc) is 2.45. The van der Waals surface area contributed by atoms with Crippen molar-refractivity contribution in [1.82, 2.24) is 0 Å². The van der Waals surface area contributed by atoms with Crippen molar-refractivity contribution in [3.63, 3.8) is 0 Å². The van der Waals surface area contributed by atoms with Gasteiger partial charge in [0.05, 0.1) is 4.92 Å². The summed E-state index contributed by atoms with van der Waals surface area (Å²) in [5.41, 5.74) is 0.818. The molecule has 0 N–H and O–H groups in total. The van der Waals surface area contributed by atoms with Gasteiger partial charge in [0.1, 0.15) is 5.82 Å². The van der Waals surface area contributed by atoms with E-state index in [0.717, 1.165) is 17.7 Å². The highest BCUT2D eigenvalue weighted by atomic mass is 19.1. The van der Waals surface area contributed by atoms with Gasteiger partial charge in [0.2, 0.25) is 0 Å². The van der Waals surface area contributed by atoms with E-state index in [1.54, 1.807) is 12.1 Å². The largest absolute Gasteiger partial charge is 0.872 e. The van der Waals surface area contributed by atoms with Crippen LogP contribution >= 0.6 is 0 Å². The third kappa shape index (κ3) is 4.10. The smallest absolute Gasteiger partial charge is 0.270 e. The molecule has 21 heavy (non-hydrogen) atoms. The van der Waals surface area contributed by atoms with Gasteiger partial charge in [-0.2, -0.15) is 0 Å². The third-order valence-electron chi connectivity index (χ3n) is 2.85. The second-order valence-corrected chi connectivity index (χ2v) is 4.39. The van der Waals surface area contributed by atoms with Crippen molar-refractivity contribution < 1.29 is 14.4 Å². The Morgan fingerprint density at radius 2 is 2.05 bits per heavy atom. The summed E-state index contributed by atoms with van der Waals surface area (Å²) in [7, 11) is 0. The van der Waals surface area contributed by atoms with E-state index in [4.69, 9.17) is 0 Å². The molecule has 0 aromatic heterocycles. The summed E-state index contributed by atoms with van der Waals surface area (Å²) in [5, 5.41) is 22.2. The van der Waals surface area contributed by atoms with Crippen molar-refractivity contribution in [2.24, 2.45) is 4.99 Å². The van der Waals surface area contributed by atoms with Gasteiger partial charge in [0, 0.05) is 24.9 Å². The lowest BCUT2D eigenvalue weighted by molar-refractivity contribution is -0.385. The molecule has 0 saturated carbocycles. The minimum atomic E-state index is -0.566. The van der Waals surface area contributed by atoms with Gasteiger partial charge in [0.15, 0.2) is 0 Å². The van der Waals surface area contributed by atoms with E-state index in [0.29, 0.717) is 13.0 Å². The molecule has 6 heteroatoms. The Labute approximate surface area is 120 Å². The predicted molar refractivity (Wildman–Crippen MR) is 75.1 cm³/mol. The Morgan fingerprint density at radius 1 is 1.24 bits per heavy atom. The molecule has 2 aromatic carbocycles. The van der Waals surface area contributed by atoms with Gasteiger partial charge in [-0.1, -0.05) is 23.9 Å². The molecular weight excluding hydrogens is 275 g/mol. The maximum atomic E-state index is 13.0. The average molecular weight is 287 g/mol. The van der Waals surface area contributed by atoms with Crippen LogP contribution in [0.5, 0.6) is 5.75 Å². The lowest BCUT2D eigenvalue weighted by atomic mass is 10.1. The lowest BCUT2D eigenvalue weighted by Crippen LogP contribution is -1.99. The fourth-order valence-electron chi connectivity index (χ4n) is 1.80. The summed E-state index contributed by atoms with van der Waals surface area (Å²) in [6.45, 7) is 0.367. The highest BCUT2D eigenvalue weighted by molar-refractivity contribution is 5.84. The standard InChI is InChI=1S/C15H13FN2O3/c16-13-3-1-2-11(8-13)6-7-17-10-12-9-14(18(20)21)4-5-15(12)19/h1-5,8-10,19H,6-7H2/p-1. The van der Waals surface area contributed by atoms with Crippen LogP contribution in [0, 0.1) is 15.9 Å². The van der Waals surface area contributed by atoms with Gasteiger partial charge in [-0.15, -0.1) is 0 Å². The van der Waals surface area contributed by atoms with E-state index in [1.165, 1.54) is 24.4 Å². The van der Waals surface area contributed by atoms with Crippen LogP contribution in [0.4, 0.5) is 10.1 Å². The Kier molecular flexibility index (Phi) is 4.61. The number of rotatable bonds is 5. The van der Waals surface area contributed by atoms with E-state index in [1.807, 2.05) is 0 Å². The van der Waals surface area contributed by atoms with Crippen LogP contribution in [0.1, 0.15) is 11.1 Å². The summed E-state index contributed by atoms with van der Waals surface area (Å²) in [4.78, 5) is 14.1. The molecule has 0 spiro atoms. The molecular formula is C15H12FN2O3-. The second kappa shape index (κ2) is 6.60. The van der Waals surface area contributed by atoms with Crippen molar-refractivity contribution in [2.75, 3.05) is 6.54 Å². The Morgan fingerprint density at radius 3 is 2.76 bits per heavy atom. The summed E-state index contributed by atoms with van der Waals surface area (Å²) in [6.07, 6.45) is 1.84. The first-order chi connectivity index (χ1) is 10.1. The summed E-state index contributed by atoms with van der Waals surface area (Å²) >= 11 is 0. The van der Waals surface area contributed by atoms with Crippen LogP contribution in [0.25, 0.3) is 0 Å². The number of non-ortho nitro benzene ring substituents is 1. The molecule has 5 nitrogen and oxygen atoms in total. The highest BCUT2D eigenvalue weighted by Crippen LogP contribution is 2.19. The summed E-state index contributed by atoms with van der Waals surface area (Å²) < 4.78 is 13.0. The van der Waals surface area contributed by atoms with E-state index in [-0.39, 0.29) is 22.8 Å². The van der Waals surface area contributed by atoms with Crippen molar-refractivity contribution in [3.8, 4) is 5.75 Å². The number of nitrogens with zero attached hydrogens (tertiary/aromatic N) is 2. The lowest BCUT2D eigenvalue weighted by Gasteiger charge is -2.08. The SMILES string of the molecule is O=[N+]([O-])c1ccc([O-])c(C=NCCc2cccc(F)c2)c1. The number of benzene rings is 2. The molecule has 0 fully saturated rings. The Bertz CT molecular complexity index is 686. The van der Waals surface area contributed by atoms with Crippen molar-refractivity contribution in [3.05, 3.63) is 69.5 Å². The zero-order valence-corrected chi connectivity index (χ0v) is 11.0. The summed E-state index contributed by atoms with van der Waals surface area (Å²) in [5.74, 6) is -0.632. The van der Waals surface area contributed by atoms with E-state index in [9.17, 15) is 19.6 Å². The topological polar surface area (TPSA) is 78.6 Å². The molecule has 0 aliphatic carbocycles. The maximum Gasteiger partial charge on any atom is 0.270 e. The number of nitro groups is 1. The summed E-state index contributed by atoms with van der Waals surface area (Å²) in [6, 6.07) is 9.67. The van der Waals surface area contributed by atoms with Crippen molar-refractivity contribution in [1.29, 1.82) is 0 Å². The normalized spacial score (nSPS) is 10.9. The van der Waals surface area contributed by atoms with Crippen LogP contribution in [-0.4, -0.2) is 17.7 Å². The molecule has 0 atom stereocenters. The minimum absolute atomic E-state index is 0.152. The second-order valence-electron chi connectivity index (χ2n) is 4.39. The first-order valence-corrected chi connectivity index (χ1v) is 6.26. The number of hydrogen-bond acceptors (Lipinski definition) is 4. The Hall–Kier alpha value is -2.76. The van der Waals surface area contributed by atoms with E-state index >= 15 is 0 Å². The van der Waals surface area contributed by atoms with Crippen molar-refractivity contribution in [2.45, 2.75) is 6.42 Å². The molecule has 0 bridgehead atoms. The minimum Gasteiger partial charge on any atom is -0.872 e. The van der Waals surface area contributed by atoms with Crippen LogP contribution in [0.15, 0.2) is 47.5 Å². The molecule has 0 saturated heterocycles. The fraction of sp³-hybridized carbons (Fsp3) is 0.133. The molecule has 0 amide bonds. The molecule has 2 aromatic rings. The fourth-order valence-corrected chi connectivity index (χ4v) is 1.80. The van der Waals surface area contributed by atoms with Crippen molar-refractivity contribution >= 4 is 11.9 Å².